The number of aliphatic hydroxyl groups is 1. The van der Waals surface area contributed by atoms with Crippen molar-refractivity contribution < 1.29 is 14.6 Å². The van der Waals surface area contributed by atoms with Crippen molar-refractivity contribution in [2.75, 3.05) is 6.54 Å². The normalized spacial score (nSPS) is 14.8. The molecule has 1 rings (SSSR count). The predicted octanol–water partition coefficient (Wildman–Crippen LogP) is 2.42. The van der Waals surface area contributed by atoms with E-state index in [0.717, 1.165) is 5.56 Å². The molecule has 0 heterocycles. The predicted molar refractivity (Wildman–Crippen MR) is 69.9 cm³/mol. The van der Waals surface area contributed by atoms with Gasteiger partial charge in [-0.15, -0.1) is 0 Å². The molecule has 0 spiro atoms. The van der Waals surface area contributed by atoms with Crippen LogP contribution in [0.5, 0.6) is 5.75 Å². The molecule has 18 heavy (non-hydrogen) atoms. The maximum atomic E-state index is 13.1. The van der Waals surface area contributed by atoms with Gasteiger partial charge in [0.1, 0.15) is 0 Å². The van der Waals surface area contributed by atoms with E-state index in [4.69, 9.17) is 5.11 Å². The van der Waals surface area contributed by atoms with Crippen LogP contribution in [0.1, 0.15) is 32.8 Å². The minimum absolute atomic E-state index is 0.342. The Morgan fingerprint density at radius 1 is 1.39 bits per heavy atom. The number of aromatic hydroxyl groups is 1. The molecule has 0 radical (unpaired) electrons. The quantitative estimate of drug-likeness (QED) is 0.731. The van der Waals surface area contributed by atoms with E-state index in [-0.39, 0.29) is 5.75 Å². The molecule has 1 aromatic carbocycles. The van der Waals surface area contributed by atoms with E-state index < -0.39 is 11.4 Å². The van der Waals surface area contributed by atoms with E-state index in [0.29, 0.717) is 25.4 Å². The van der Waals surface area contributed by atoms with Crippen molar-refractivity contribution in [1.29, 1.82) is 0 Å². The van der Waals surface area contributed by atoms with E-state index in [2.05, 4.69) is 19.2 Å². The summed E-state index contributed by atoms with van der Waals surface area (Å²) in [6.07, 6.45) is 0.712. The van der Waals surface area contributed by atoms with Gasteiger partial charge in [-0.05, 0) is 37.0 Å². The molecule has 0 amide bonds. The first-order valence-electron chi connectivity index (χ1n) is 6.20. The fourth-order valence-electron chi connectivity index (χ4n) is 2.09. The van der Waals surface area contributed by atoms with Crippen LogP contribution in [-0.4, -0.2) is 22.4 Å². The summed E-state index contributed by atoms with van der Waals surface area (Å²) in [6, 6.07) is 4.28. The molecule has 0 aliphatic heterocycles. The number of rotatable bonds is 6. The van der Waals surface area contributed by atoms with Crippen LogP contribution in [0, 0.1) is 11.7 Å². The summed E-state index contributed by atoms with van der Waals surface area (Å²) in [6.45, 7) is 6.82. The van der Waals surface area contributed by atoms with E-state index in [1.165, 1.54) is 12.1 Å². The Balaban J connectivity index is 2.43. The first-order chi connectivity index (χ1) is 8.30. The number of nitrogens with one attached hydrogen (secondary N) is 1. The standard InChI is InChI=1S/C14H22FNO2/c1-10(2)7-14(3,18)9-16-8-11-4-5-13(17)12(15)6-11/h4-6,10,16-18H,7-9H2,1-3H3. The molecule has 0 saturated heterocycles. The minimum atomic E-state index is -0.760. The van der Waals surface area contributed by atoms with Gasteiger partial charge in [0.2, 0.25) is 0 Å². The lowest BCUT2D eigenvalue weighted by Gasteiger charge is -2.25. The highest BCUT2D eigenvalue weighted by molar-refractivity contribution is 5.27. The third kappa shape index (κ3) is 5.02. The molecule has 0 bridgehead atoms. The first kappa shape index (κ1) is 14.9. The summed E-state index contributed by atoms with van der Waals surface area (Å²) < 4.78 is 13.1. The van der Waals surface area contributed by atoms with Crippen LogP contribution in [-0.2, 0) is 6.54 Å². The second-order valence-electron chi connectivity index (χ2n) is 5.48. The Labute approximate surface area is 108 Å². The number of halogens is 1. The van der Waals surface area contributed by atoms with Crippen LogP contribution < -0.4 is 5.32 Å². The summed E-state index contributed by atoms with van der Waals surface area (Å²) in [7, 11) is 0. The Bertz CT molecular complexity index is 391. The van der Waals surface area contributed by atoms with Gasteiger partial charge in [-0.1, -0.05) is 19.9 Å². The maximum Gasteiger partial charge on any atom is 0.165 e. The maximum absolute atomic E-state index is 13.1. The fourth-order valence-corrected chi connectivity index (χ4v) is 2.09. The van der Waals surface area contributed by atoms with Gasteiger partial charge in [-0.25, -0.2) is 4.39 Å². The number of benzene rings is 1. The molecule has 1 aromatic rings. The van der Waals surface area contributed by atoms with E-state index in [1.54, 1.807) is 13.0 Å². The highest BCUT2D eigenvalue weighted by atomic mass is 19.1. The molecular weight excluding hydrogens is 233 g/mol. The van der Waals surface area contributed by atoms with Crippen LogP contribution in [0.25, 0.3) is 0 Å². The number of hydrogen-bond acceptors (Lipinski definition) is 3. The smallest absolute Gasteiger partial charge is 0.165 e. The average Bonchev–Trinajstić information content (AvgIpc) is 2.21. The molecule has 4 heteroatoms. The molecule has 0 aliphatic rings. The van der Waals surface area contributed by atoms with Crippen LogP contribution in [0.2, 0.25) is 0 Å². The molecule has 0 saturated carbocycles. The Kier molecular flexibility index (Phi) is 5.11. The summed E-state index contributed by atoms with van der Waals surface area (Å²) in [5.41, 5.74) is -0.0189. The van der Waals surface area contributed by atoms with E-state index >= 15 is 0 Å². The van der Waals surface area contributed by atoms with E-state index in [1.807, 2.05) is 0 Å². The summed E-state index contributed by atoms with van der Waals surface area (Å²) in [5.74, 6) is -0.540. The van der Waals surface area contributed by atoms with Gasteiger partial charge in [0, 0.05) is 13.1 Å². The topological polar surface area (TPSA) is 52.5 Å². The molecule has 1 unspecified atom stereocenters. The fraction of sp³-hybridized carbons (Fsp3) is 0.571. The Hall–Kier alpha value is -1.13. The third-order valence-corrected chi connectivity index (χ3v) is 2.70. The monoisotopic (exact) mass is 255 g/mol. The van der Waals surface area contributed by atoms with Crippen LogP contribution in [0.3, 0.4) is 0 Å². The number of phenolic OH excluding ortho intramolecular Hbond substituents is 1. The largest absolute Gasteiger partial charge is 0.505 e. The molecule has 102 valence electrons. The Morgan fingerprint density at radius 2 is 2.06 bits per heavy atom. The van der Waals surface area contributed by atoms with Crippen LogP contribution in [0.15, 0.2) is 18.2 Å². The molecule has 3 nitrogen and oxygen atoms in total. The number of phenols is 1. The zero-order chi connectivity index (χ0) is 13.8. The lowest BCUT2D eigenvalue weighted by molar-refractivity contribution is 0.0383. The van der Waals surface area contributed by atoms with Crippen LogP contribution in [0.4, 0.5) is 4.39 Å². The van der Waals surface area contributed by atoms with Gasteiger partial charge >= 0.3 is 0 Å². The summed E-state index contributed by atoms with van der Waals surface area (Å²) >= 11 is 0. The molecule has 0 fully saturated rings. The summed E-state index contributed by atoms with van der Waals surface area (Å²) in [4.78, 5) is 0. The van der Waals surface area contributed by atoms with Crippen molar-refractivity contribution >= 4 is 0 Å². The van der Waals surface area contributed by atoms with Crippen molar-refractivity contribution in [2.24, 2.45) is 5.92 Å². The molecule has 0 aromatic heterocycles. The van der Waals surface area contributed by atoms with Crippen molar-refractivity contribution in [3.63, 3.8) is 0 Å². The molecule has 3 N–H and O–H groups in total. The Morgan fingerprint density at radius 3 is 2.61 bits per heavy atom. The lowest BCUT2D eigenvalue weighted by Crippen LogP contribution is -2.38. The van der Waals surface area contributed by atoms with Crippen LogP contribution >= 0.6 is 0 Å². The summed E-state index contributed by atoms with van der Waals surface area (Å²) in [5, 5.41) is 22.2. The SMILES string of the molecule is CC(C)CC(C)(O)CNCc1ccc(O)c(F)c1. The van der Waals surface area contributed by atoms with E-state index in [9.17, 15) is 9.50 Å². The van der Waals surface area contributed by atoms with Gasteiger partial charge in [0.25, 0.3) is 0 Å². The second kappa shape index (κ2) is 6.16. The van der Waals surface area contributed by atoms with Crippen molar-refractivity contribution in [2.45, 2.75) is 39.3 Å². The van der Waals surface area contributed by atoms with Crippen molar-refractivity contribution in [3.05, 3.63) is 29.6 Å². The molecular formula is C14H22FNO2. The highest BCUT2D eigenvalue weighted by Gasteiger charge is 2.21. The van der Waals surface area contributed by atoms with Crippen molar-refractivity contribution in [3.8, 4) is 5.75 Å². The molecule has 0 aliphatic carbocycles. The minimum Gasteiger partial charge on any atom is -0.505 e. The zero-order valence-corrected chi connectivity index (χ0v) is 11.2. The average molecular weight is 255 g/mol. The first-order valence-corrected chi connectivity index (χ1v) is 6.20. The van der Waals surface area contributed by atoms with Gasteiger partial charge in [-0.2, -0.15) is 0 Å². The van der Waals surface area contributed by atoms with Gasteiger partial charge in [0.05, 0.1) is 5.60 Å². The van der Waals surface area contributed by atoms with Gasteiger partial charge in [0.15, 0.2) is 11.6 Å². The second-order valence-corrected chi connectivity index (χ2v) is 5.48. The van der Waals surface area contributed by atoms with Gasteiger partial charge in [-0.3, -0.25) is 0 Å². The highest BCUT2D eigenvalue weighted by Crippen LogP contribution is 2.17. The zero-order valence-electron chi connectivity index (χ0n) is 11.2. The number of hydrogen-bond donors (Lipinski definition) is 3. The third-order valence-electron chi connectivity index (χ3n) is 2.70. The van der Waals surface area contributed by atoms with Crippen molar-refractivity contribution in [1.82, 2.24) is 5.32 Å². The molecule has 1 atom stereocenters. The van der Waals surface area contributed by atoms with Gasteiger partial charge < -0.3 is 15.5 Å². The lowest BCUT2D eigenvalue weighted by atomic mass is 9.94.